The first-order valence-electron chi connectivity index (χ1n) is 9.95. The van der Waals surface area contributed by atoms with Gasteiger partial charge in [0.1, 0.15) is 17.5 Å². The molecule has 2 aliphatic rings. The summed E-state index contributed by atoms with van der Waals surface area (Å²) in [7, 11) is 0. The van der Waals surface area contributed by atoms with Gasteiger partial charge in [0.05, 0.1) is 5.69 Å². The minimum absolute atomic E-state index is 0.0494. The number of nitrogens with one attached hydrogen (secondary N) is 1. The monoisotopic (exact) mass is 397 g/mol. The van der Waals surface area contributed by atoms with E-state index < -0.39 is 11.6 Å². The summed E-state index contributed by atoms with van der Waals surface area (Å²) in [5.74, 6) is -0.0808. The molecule has 0 bridgehead atoms. The molecule has 2 aromatic heterocycles. The molecule has 0 radical (unpaired) electrons. The fourth-order valence-corrected chi connectivity index (χ4v) is 4.26. The third-order valence-corrected chi connectivity index (χ3v) is 5.74. The molecule has 0 saturated carbocycles. The van der Waals surface area contributed by atoms with Gasteiger partial charge in [-0.15, -0.1) is 0 Å². The second-order valence-electron chi connectivity index (χ2n) is 7.71. The fourth-order valence-electron chi connectivity index (χ4n) is 4.26. The van der Waals surface area contributed by atoms with Crippen LogP contribution in [0.25, 0.3) is 11.3 Å². The average molecular weight is 397 g/mol. The lowest BCUT2D eigenvalue weighted by atomic mass is 10.1. The standard InChI is InChI=1S/C21H21F2N5O/c22-13-4-6-16(17(23)9-13)18-12-27-11-14(5-7-19(27)26-18)25-21(29)20-24-10-15-3-1-2-8-28(15)20/h4,6,9-10,12,14H,1-3,5,7-8,11H2,(H,25,29). The Hall–Kier alpha value is -3.03. The van der Waals surface area contributed by atoms with E-state index in [0.29, 0.717) is 24.5 Å². The van der Waals surface area contributed by atoms with Gasteiger partial charge in [-0.25, -0.2) is 18.7 Å². The van der Waals surface area contributed by atoms with Crippen LogP contribution in [0, 0.1) is 11.6 Å². The Morgan fingerprint density at radius 3 is 2.97 bits per heavy atom. The number of amides is 1. The highest BCUT2D eigenvalue weighted by Crippen LogP contribution is 2.26. The van der Waals surface area contributed by atoms with Crippen LogP contribution in [0.4, 0.5) is 8.78 Å². The highest BCUT2D eigenvalue weighted by Gasteiger charge is 2.26. The molecule has 8 heteroatoms. The second-order valence-corrected chi connectivity index (χ2v) is 7.71. The number of halogens is 2. The van der Waals surface area contributed by atoms with Crippen LogP contribution in [0.2, 0.25) is 0 Å². The highest BCUT2D eigenvalue weighted by molar-refractivity contribution is 5.91. The minimum atomic E-state index is -0.630. The average Bonchev–Trinajstić information content (AvgIpc) is 3.31. The van der Waals surface area contributed by atoms with Gasteiger partial charge in [0.15, 0.2) is 5.82 Å². The van der Waals surface area contributed by atoms with Crippen molar-refractivity contribution in [1.29, 1.82) is 0 Å². The summed E-state index contributed by atoms with van der Waals surface area (Å²) >= 11 is 0. The predicted octanol–water partition coefficient (Wildman–Crippen LogP) is 3.11. The Bertz CT molecular complexity index is 1090. The zero-order valence-electron chi connectivity index (χ0n) is 15.9. The van der Waals surface area contributed by atoms with Gasteiger partial charge in [-0.05, 0) is 37.8 Å². The molecule has 2 aliphatic heterocycles. The number of hydrogen-bond acceptors (Lipinski definition) is 3. The minimum Gasteiger partial charge on any atom is -0.345 e. The van der Waals surface area contributed by atoms with Crippen molar-refractivity contribution in [1.82, 2.24) is 24.4 Å². The third-order valence-electron chi connectivity index (χ3n) is 5.74. The summed E-state index contributed by atoms with van der Waals surface area (Å²) in [4.78, 5) is 21.6. The lowest BCUT2D eigenvalue weighted by molar-refractivity contribution is 0.0911. The maximum absolute atomic E-state index is 14.1. The van der Waals surface area contributed by atoms with Crippen molar-refractivity contribution in [3.63, 3.8) is 0 Å². The Balaban J connectivity index is 1.32. The summed E-state index contributed by atoms with van der Waals surface area (Å²) in [6.45, 7) is 1.39. The molecule has 1 amide bonds. The van der Waals surface area contributed by atoms with Gasteiger partial charge in [-0.3, -0.25) is 4.79 Å². The Morgan fingerprint density at radius 1 is 1.21 bits per heavy atom. The number of fused-ring (bicyclic) bond motifs is 2. The van der Waals surface area contributed by atoms with Crippen molar-refractivity contribution < 1.29 is 13.6 Å². The summed E-state index contributed by atoms with van der Waals surface area (Å²) in [5.41, 5.74) is 1.87. The van der Waals surface area contributed by atoms with Crippen LogP contribution in [0.3, 0.4) is 0 Å². The van der Waals surface area contributed by atoms with Crippen LogP contribution in [-0.4, -0.2) is 31.1 Å². The molecule has 1 unspecified atom stereocenters. The summed E-state index contributed by atoms with van der Waals surface area (Å²) in [6.07, 6.45) is 8.15. The first kappa shape index (κ1) is 18.0. The number of hydrogen-bond donors (Lipinski definition) is 1. The van der Waals surface area contributed by atoms with Crippen LogP contribution in [0.1, 0.15) is 41.4 Å². The molecule has 1 atom stereocenters. The van der Waals surface area contributed by atoms with Gasteiger partial charge in [0, 0.05) is 55.3 Å². The largest absolute Gasteiger partial charge is 0.345 e. The van der Waals surface area contributed by atoms with Crippen molar-refractivity contribution in [3.05, 3.63) is 59.6 Å². The maximum atomic E-state index is 14.1. The third kappa shape index (κ3) is 3.32. The van der Waals surface area contributed by atoms with E-state index in [1.807, 2.05) is 9.13 Å². The van der Waals surface area contributed by atoms with E-state index in [9.17, 15) is 13.6 Å². The lowest BCUT2D eigenvalue weighted by Crippen LogP contribution is -2.42. The molecule has 4 heterocycles. The van der Waals surface area contributed by atoms with E-state index in [0.717, 1.165) is 49.8 Å². The number of benzene rings is 1. The van der Waals surface area contributed by atoms with Crippen LogP contribution in [-0.2, 0) is 25.9 Å². The number of nitrogens with zero attached hydrogens (tertiary/aromatic N) is 4. The van der Waals surface area contributed by atoms with E-state index >= 15 is 0 Å². The Morgan fingerprint density at radius 2 is 2.10 bits per heavy atom. The SMILES string of the molecule is O=C(NC1CCc2nc(-c3ccc(F)cc3F)cn2C1)c1ncc2n1CCCC2. The molecule has 150 valence electrons. The zero-order valence-corrected chi connectivity index (χ0v) is 15.9. The molecule has 6 nitrogen and oxygen atoms in total. The van der Waals surface area contributed by atoms with E-state index in [1.54, 1.807) is 12.4 Å². The molecule has 29 heavy (non-hydrogen) atoms. The number of carbonyl (C=O) groups is 1. The van der Waals surface area contributed by atoms with E-state index in [-0.39, 0.29) is 17.5 Å². The molecule has 3 aromatic rings. The van der Waals surface area contributed by atoms with Crippen molar-refractivity contribution in [2.24, 2.45) is 0 Å². The summed E-state index contributed by atoms with van der Waals surface area (Å²) in [6, 6.07) is 3.44. The molecule has 5 rings (SSSR count). The van der Waals surface area contributed by atoms with Crippen molar-refractivity contribution in [2.45, 2.75) is 51.2 Å². The molecular weight excluding hydrogens is 376 g/mol. The van der Waals surface area contributed by atoms with Crippen LogP contribution >= 0.6 is 0 Å². The van der Waals surface area contributed by atoms with Crippen molar-refractivity contribution >= 4 is 5.91 Å². The van der Waals surface area contributed by atoms with Gasteiger partial charge in [-0.1, -0.05) is 0 Å². The van der Waals surface area contributed by atoms with Crippen molar-refractivity contribution in [3.8, 4) is 11.3 Å². The number of aromatic nitrogens is 4. The maximum Gasteiger partial charge on any atom is 0.287 e. The summed E-state index contributed by atoms with van der Waals surface area (Å²) < 4.78 is 31.2. The number of rotatable bonds is 3. The molecule has 0 fully saturated rings. The van der Waals surface area contributed by atoms with Crippen LogP contribution < -0.4 is 5.32 Å². The Labute approximate surface area is 166 Å². The number of aryl methyl sites for hydroxylation is 2. The molecular formula is C21H21F2N5O. The number of carbonyl (C=O) groups excluding carboxylic acids is 1. The summed E-state index contributed by atoms with van der Waals surface area (Å²) in [5, 5.41) is 3.09. The normalized spacial score (nSPS) is 18.2. The van der Waals surface area contributed by atoms with Gasteiger partial charge in [0.2, 0.25) is 0 Å². The molecule has 0 aliphatic carbocycles. The number of imidazole rings is 2. The van der Waals surface area contributed by atoms with Crippen molar-refractivity contribution in [2.75, 3.05) is 0 Å². The van der Waals surface area contributed by atoms with Crippen LogP contribution in [0.15, 0.2) is 30.6 Å². The van der Waals surface area contributed by atoms with E-state index in [1.165, 1.54) is 12.1 Å². The molecule has 0 spiro atoms. The zero-order chi connectivity index (χ0) is 20.0. The fraction of sp³-hybridized carbons (Fsp3) is 0.381. The lowest BCUT2D eigenvalue weighted by Gasteiger charge is -2.25. The quantitative estimate of drug-likeness (QED) is 0.739. The second kappa shape index (κ2) is 7.09. The topological polar surface area (TPSA) is 64.7 Å². The highest BCUT2D eigenvalue weighted by atomic mass is 19.1. The first-order valence-corrected chi connectivity index (χ1v) is 9.95. The molecule has 1 N–H and O–H groups in total. The van der Waals surface area contributed by atoms with Gasteiger partial charge in [-0.2, -0.15) is 0 Å². The molecule has 0 saturated heterocycles. The van der Waals surface area contributed by atoms with E-state index in [4.69, 9.17) is 0 Å². The van der Waals surface area contributed by atoms with Gasteiger partial charge in [0.25, 0.3) is 5.91 Å². The Kier molecular flexibility index (Phi) is 4.41. The first-order chi connectivity index (χ1) is 14.1. The molecule has 1 aromatic carbocycles. The van der Waals surface area contributed by atoms with Crippen LogP contribution in [0.5, 0.6) is 0 Å². The van der Waals surface area contributed by atoms with Gasteiger partial charge < -0.3 is 14.5 Å². The smallest absolute Gasteiger partial charge is 0.287 e. The predicted molar refractivity (Wildman–Crippen MR) is 102 cm³/mol. The van der Waals surface area contributed by atoms with Gasteiger partial charge >= 0.3 is 0 Å². The van der Waals surface area contributed by atoms with E-state index in [2.05, 4.69) is 15.3 Å².